The van der Waals surface area contributed by atoms with Gasteiger partial charge in [0.25, 0.3) is 0 Å². The third kappa shape index (κ3) is 3.22. The first-order chi connectivity index (χ1) is 12.2. The summed E-state index contributed by atoms with van der Waals surface area (Å²) in [6, 6.07) is 15.6. The van der Waals surface area contributed by atoms with E-state index in [1.165, 1.54) is 4.90 Å². The van der Waals surface area contributed by atoms with Crippen molar-refractivity contribution in [1.29, 1.82) is 0 Å². The number of carbonyl (C=O) groups is 2. The number of para-hydroxylation sites is 3. The molecule has 2 heterocycles. The second kappa shape index (κ2) is 6.80. The molecule has 0 bridgehead atoms. The molecular weight excluding hydrogens is 334 g/mol. The molecule has 2 amide bonds. The fourth-order valence-electron chi connectivity index (χ4n) is 3.27. The van der Waals surface area contributed by atoms with E-state index in [-0.39, 0.29) is 24.9 Å². The van der Waals surface area contributed by atoms with Crippen molar-refractivity contribution >= 4 is 40.6 Å². The molecule has 0 radical (unpaired) electrons. The number of nitrogens with one attached hydrogen (secondary N) is 1. The Balaban J connectivity index is 1.60. The van der Waals surface area contributed by atoms with Crippen LogP contribution in [-0.4, -0.2) is 37.2 Å². The number of hydrogen-bond acceptors (Lipinski definition) is 4. The number of rotatable bonds is 2. The molecule has 0 unspecified atom stereocenters. The van der Waals surface area contributed by atoms with Crippen molar-refractivity contribution in [3.63, 3.8) is 0 Å². The quantitative estimate of drug-likeness (QED) is 0.902. The molecule has 0 aromatic heterocycles. The van der Waals surface area contributed by atoms with Gasteiger partial charge in [0, 0.05) is 11.4 Å². The first-order valence-corrected chi connectivity index (χ1v) is 9.37. The Bertz CT molecular complexity index is 824. The van der Waals surface area contributed by atoms with Crippen LogP contribution in [0.4, 0.5) is 17.1 Å². The molecule has 2 aromatic carbocycles. The zero-order valence-corrected chi connectivity index (χ0v) is 14.6. The van der Waals surface area contributed by atoms with E-state index in [1.54, 1.807) is 4.90 Å². The van der Waals surface area contributed by atoms with Crippen molar-refractivity contribution in [2.45, 2.75) is 11.3 Å². The maximum absolute atomic E-state index is 13.0. The molecule has 0 saturated carbocycles. The Morgan fingerprint density at radius 2 is 1.84 bits per heavy atom. The van der Waals surface area contributed by atoms with Crippen LogP contribution in [0.25, 0.3) is 0 Å². The van der Waals surface area contributed by atoms with E-state index in [9.17, 15) is 9.59 Å². The van der Waals surface area contributed by atoms with E-state index in [0.717, 1.165) is 30.1 Å². The van der Waals surface area contributed by atoms with Gasteiger partial charge in [-0.3, -0.25) is 14.5 Å². The lowest BCUT2D eigenvalue weighted by molar-refractivity contribution is -0.121. The van der Waals surface area contributed by atoms with Gasteiger partial charge in [-0.25, -0.2) is 0 Å². The maximum Gasteiger partial charge on any atom is 0.247 e. The fraction of sp³-hybridized carbons (Fsp3) is 0.263. The number of hydrogen-bond donors (Lipinski definition) is 1. The van der Waals surface area contributed by atoms with Crippen LogP contribution in [0.15, 0.2) is 53.4 Å². The number of fused-ring (bicyclic) bond motifs is 2. The molecule has 0 spiro atoms. The van der Waals surface area contributed by atoms with E-state index in [4.69, 9.17) is 0 Å². The lowest BCUT2D eigenvalue weighted by Gasteiger charge is -2.32. The Morgan fingerprint density at radius 3 is 2.72 bits per heavy atom. The smallest absolute Gasteiger partial charge is 0.247 e. The summed E-state index contributed by atoms with van der Waals surface area (Å²) in [5, 5.41) is 2.82. The minimum absolute atomic E-state index is 0.0518. The standard InChI is InChI=1S/C19H19N3O2S/c23-18-12-22(15-7-2-1-6-14(15)20-18)19(24)13-21-10-5-11-25-17-9-4-3-8-16(17)21/h1-4,6-9H,5,10-13H2,(H,20,23). The Kier molecular flexibility index (Phi) is 4.36. The first kappa shape index (κ1) is 16.0. The molecule has 2 aromatic rings. The molecule has 0 aliphatic carbocycles. The van der Waals surface area contributed by atoms with Crippen LogP contribution in [-0.2, 0) is 9.59 Å². The van der Waals surface area contributed by atoms with Gasteiger partial charge in [0.05, 0.1) is 23.6 Å². The molecule has 1 N–H and O–H groups in total. The average molecular weight is 353 g/mol. The summed E-state index contributed by atoms with van der Waals surface area (Å²) >= 11 is 1.83. The van der Waals surface area contributed by atoms with Crippen LogP contribution < -0.4 is 15.1 Å². The number of amides is 2. The fourth-order valence-corrected chi connectivity index (χ4v) is 4.28. The van der Waals surface area contributed by atoms with Crippen molar-refractivity contribution in [2.24, 2.45) is 0 Å². The molecule has 6 heteroatoms. The SMILES string of the molecule is O=C1CN(C(=O)CN2CCCSc3ccccc32)c2ccccc2N1. The molecule has 0 fully saturated rings. The van der Waals surface area contributed by atoms with Crippen molar-refractivity contribution < 1.29 is 9.59 Å². The van der Waals surface area contributed by atoms with Gasteiger partial charge < -0.3 is 10.2 Å². The summed E-state index contributed by atoms with van der Waals surface area (Å²) in [4.78, 5) is 29.9. The summed E-state index contributed by atoms with van der Waals surface area (Å²) in [5.41, 5.74) is 2.57. The van der Waals surface area contributed by atoms with E-state index in [1.807, 2.05) is 48.2 Å². The van der Waals surface area contributed by atoms with Crippen LogP contribution >= 0.6 is 11.8 Å². The maximum atomic E-state index is 13.0. The first-order valence-electron chi connectivity index (χ1n) is 8.38. The number of anilines is 3. The zero-order chi connectivity index (χ0) is 17.2. The Labute approximate surface area is 151 Å². The average Bonchev–Trinajstić information content (AvgIpc) is 2.83. The topological polar surface area (TPSA) is 52.7 Å². The largest absolute Gasteiger partial charge is 0.361 e. The molecule has 128 valence electrons. The molecule has 2 aliphatic heterocycles. The minimum Gasteiger partial charge on any atom is -0.361 e. The van der Waals surface area contributed by atoms with Crippen molar-refractivity contribution in [3.8, 4) is 0 Å². The molecule has 0 saturated heterocycles. The van der Waals surface area contributed by atoms with E-state index >= 15 is 0 Å². The predicted molar refractivity (Wildman–Crippen MR) is 101 cm³/mol. The Morgan fingerprint density at radius 1 is 1.08 bits per heavy atom. The second-order valence-electron chi connectivity index (χ2n) is 6.14. The number of nitrogens with zero attached hydrogens (tertiary/aromatic N) is 2. The molecular formula is C19H19N3O2S. The van der Waals surface area contributed by atoms with Crippen LogP contribution in [0.3, 0.4) is 0 Å². The normalized spacial score (nSPS) is 16.6. The summed E-state index contributed by atoms with van der Waals surface area (Å²) in [5.74, 6) is 0.847. The van der Waals surface area contributed by atoms with Gasteiger partial charge in [-0.2, -0.15) is 0 Å². The highest BCUT2D eigenvalue weighted by Crippen LogP contribution is 2.34. The number of benzene rings is 2. The van der Waals surface area contributed by atoms with Gasteiger partial charge in [-0.1, -0.05) is 24.3 Å². The molecule has 4 rings (SSSR count). The number of carbonyl (C=O) groups excluding carboxylic acids is 2. The van der Waals surface area contributed by atoms with E-state index < -0.39 is 0 Å². The van der Waals surface area contributed by atoms with Gasteiger partial charge >= 0.3 is 0 Å². The van der Waals surface area contributed by atoms with Gasteiger partial charge in [-0.15, -0.1) is 11.8 Å². The minimum atomic E-state index is -0.154. The highest BCUT2D eigenvalue weighted by atomic mass is 32.2. The monoisotopic (exact) mass is 353 g/mol. The van der Waals surface area contributed by atoms with Gasteiger partial charge in [-0.05, 0) is 36.4 Å². The predicted octanol–water partition coefficient (Wildman–Crippen LogP) is 2.97. The van der Waals surface area contributed by atoms with Crippen molar-refractivity contribution in [2.75, 3.05) is 40.5 Å². The second-order valence-corrected chi connectivity index (χ2v) is 7.27. The van der Waals surface area contributed by atoms with Crippen molar-refractivity contribution in [1.82, 2.24) is 0 Å². The lowest BCUT2D eigenvalue weighted by Crippen LogP contribution is -2.47. The third-order valence-corrected chi connectivity index (χ3v) is 5.58. The van der Waals surface area contributed by atoms with Gasteiger partial charge in [0.2, 0.25) is 11.8 Å². The Hall–Kier alpha value is -2.47. The van der Waals surface area contributed by atoms with E-state index in [2.05, 4.69) is 22.3 Å². The van der Waals surface area contributed by atoms with Crippen molar-refractivity contribution in [3.05, 3.63) is 48.5 Å². The van der Waals surface area contributed by atoms with E-state index in [0.29, 0.717) is 5.69 Å². The van der Waals surface area contributed by atoms with Gasteiger partial charge in [0.1, 0.15) is 6.54 Å². The summed E-state index contributed by atoms with van der Waals surface area (Å²) in [6.45, 7) is 1.19. The molecule has 2 aliphatic rings. The highest BCUT2D eigenvalue weighted by Gasteiger charge is 2.28. The van der Waals surface area contributed by atoms with Crippen LogP contribution in [0, 0.1) is 0 Å². The lowest BCUT2D eigenvalue weighted by atomic mass is 10.2. The third-order valence-electron chi connectivity index (χ3n) is 4.43. The summed E-state index contributed by atoms with van der Waals surface area (Å²) in [7, 11) is 0. The zero-order valence-electron chi connectivity index (χ0n) is 13.8. The van der Waals surface area contributed by atoms with Crippen LogP contribution in [0.5, 0.6) is 0 Å². The van der Waals surface area contributed by atoms with Crippen LogP contribution in [0.2, 0.25) is 0 Å². The van der Waals surface area contributed by atoms with Gasteiger partial charge in [0.15, 0.2) is 0 Å². The molecule has 5 nitrogen and oxygen atoms in total. The highest BCUT2D eigenvalue weighted by molar-refractivity contribution is 7.99. The summed E-state index contributed by atoms with van der Waals surface area (Å²) < 4.78 is 0. The molecule has 25 heavy (non-hydrogen) atoms. The molecule has 0 atom stereocenters. The van der Waals surface area contributed by atoms with Crippen LogP contribution in [0.1, 0.15) is 6.42 Å². The summed E-state index contributed by atoms with van der Waals surface area (Å²) in [6.07, 6.45) is 1.03. The number of thioether (sulfide) groups is 1.